The molecule has 1 heterocycles. The van der Waals surface area contributed by atoms with Crippen LogP contribution < -0.4 is 10.3 Å². The molecule has 0 radical (unpaired) electrons. The van der Waals surface area contributed by atoms with Crippen LogP contribution in [0.5, 0.6) is 5.75 Å². The molecule has 1 aromatic heterocycles. The predicted octanol–water partition coefficient (Wildman–Crippen LogP) is 3.27. The Morgan fingerprint density at radius 1 is 1.11 bits per heavy atom. The van der Waals surface area contributed by atoms with Crippen LogP contribution in [-0.4, -0.2) is 40.8 Å². The van der Waals surface area contributed by atoms with Gasteiger partial charge in [-0.15, -0.1) is 0 Å². The zero-order valence-electron chi connectivity index (χ0n) is 16.5. The smallest absolute Gasteiger partial charge is 0.274 e. The number of benzene rings is 2. The predicted molar refractivity (Wildman–Crippen MR) is 110 cm³/mol. The fourth-order valence-electron chi connectivity index (χ4n) is 2.97. The number of amides is 1. The monoisotopic (exact) mass is 379 g/mol. The van der Waals surface area contributed by atoms with Gasteiger partial charge in [-0.05, 0) is 31.5 Å². The van der Waals surface area contributed by atoms with Gasteiger partial charge in [0.1, 0.15) is 12.4 Å². The molecule has 3 aromatic rings. The number of carbonyl (C=O) groups is 1. The Balaban J connectivity index is 1.78. The Labute approximate surface area is 164 Å². The van der Waals surface area contributed by atoms with E-state index in [1.165, 1.54) is 10.2 Å². The maximum absolute atomic E-state index is 13.0. The highest BCUT2D eigenvalue weighted by Crippen LogP contribution is 2.15. The molecule has 0 saturated carbocycles. The molecule has 0 aliphatic heterocycles. The fraction of sp³-hybridized carbons (Fsp3) is 0.318. The second kappa shape index (κ2) is 8.69. The molecule has 0 unspecified atom stereocenters. The van der Waals surface area contributed by atoms with Crippen molar-refractivity contribution in [2.24, 2.45) is 0 Å². The lowest BCUT2D eigenvalue weighted by Crippen LogP contribution is -2.34. The van der Waals surface area contributed by atoms with E-state index in [0.29, 0.717) is 36.2 Å². The molecule has 2 aromatic carbocycles. The van der Waals surface area contributed by atoms with Crippen LogP contribution in [0.4, 0.5) is 0 Å². The van der Waals surface area contributed by atoms with E-state index in [2.05, 4.69) is 5.10 Å². The highest BCUT2D eigenvalue weighted by atomic mass is 16.5. The maximum atomic E-state index is 13.0. The summed E-state index contributed by atoms with van der Waals surface area (Å²) >= 11 is 0. The Bertz CT molecular complexity index is 1030. The molecule has 0 aliphatic rings. The van der Waals surface area contributed by atoms with Crippen LogP contribution in [-0.2, 0) is 6.54 Å². The van der Waals surface area contributed by atoms with Gasteiger partial charge in [0.25, 0.3) is 11.5 Å². The van der Waals surface area contributed by atoms with E-state index in [1.807, 2.05) is 44.2 Å². The van der Waals surface area contributed by atoms with Gasteiger partial charge in [0.15, 0.2) is 5.69 Å². The van der Waals surface area contributed by atoms with Gasteiger partial charge in [-0.25, -0.2) is 4.68 Å². The topological polar surface area (TPSA) is 64.4 Å². The van der Waals surface area contributed by atoms with Crippen LogP contribution in [0.15, 0.2) is 53.3 Å². The summed E-state index contributed by atoms with van der Waals surface area (Å²) in [7, 11) is 1.71. The molecule has 0 bridgehead atoms. The quantitative estimate of drug-likeness (QED) is 0.632. The summed E-state index contributed by atoms with van der Waals surface area (Å²) in [5.41, 5.74) is 1.29. The summed E-state index contributed by atoms with van der Waals surface area (Å²) in [6.45, 7) is 5.25. The standard InChI is InChI=1S/C22H25N3O3/c1-4-13-25-21(26)19-8-6-5-7-18(19)20(23-25)22(27)24(3)14-15-28-17-11-9-16(2)10-12-17/h5-12H,4,13-15H2,1-3H3. The fourth-order valence-corrected chi connectivity index (χ4v) is 2.97. The van der Waals surface area contributed by atoms with Crippen molar-refractivity contribution >= 4 is 16.7 Å². The van der Waals surface area contributed by atoms with Gasteiger partial charge in [-0.1, -0.05) is 42.8 Å². The third kappa shape index (κ3) is 4.22. The van der Waals surface area contributed by atoms with Gasteiger partial charge >= 0.3 is 0 Å². The van der Waals surface area contributed by atoms with Crippen LogP contribution >= 0.6 is 0 Å². The Kier molecular flexibility index (Phi) is 6.09. The van der Waals surface area contributed by atoms with E-state index in [1.54, 1.807) is 30.1 Å². The highest BCUT2D eigenvalue weighted by Gasteiger charge is 2.19. The van der Waals surface area contributed by atoms with Crippen molar-refractivity contribution in [1.82, 2.24) is 14.7 Å². The molecule has 0 aliphatic carbocycles. The SMILES string of the molecule is CCCn1nc(C(=O)N(C)CCOc2ccc(C)cc2)c2ccccc2c1=O. The van der Waals surface area contributed by atoms with Gasteiger partial charge in [0.2, 0.25) is 0 Å². The van der Waals surface area contributed by atoms with E-state index in [4.69, 9.17) is 4.74 Å². The van der Waals surface area contributed by atoms with E-state index >= 15 is 0 Å². The van der Waals surface area contributed by atoms with Crippen LogP contribution in [0.1, 0.15) is 29.4 Å². The Morgan fingerprint density at radius 2 is 1.79 bits per heavy atom. The van der Waals surface area contributed by atoms with Crippen molar-refractivity contribution in [3.63, 3.8) is 0 Å². The Hall–Kier alpha value is -3.15. The third-order valence-corrected chi connectivity index (χ3v) is 4.57. The Morgan fingerprint density at radius 3 is 2.46 bits per heavy atom. The van der Waals surface area contributed by atoms with Crippen molar-refractivity contribution in [2.75, 3.05) is 20.2 Å². The number of aromatic nitrogens is 2. The molecule has 6 heteroatoms. The first-order chi connectivity index (χ1) is 13.5. The number of fused-ring (bicyclic) bond motifs is 1. The molecule has 146 valence electrons. The summed E-state index contributed by atoms with van der Waals surface area (Å²) in [5.74, 6) is 0.542. The van der Waals surface area contributed by atoms with Gasteiger partial charge < -0.3 is 9.64 Å². The van der Waals surface area contributed by atoms with Crippen LogP contribution in [0, 0.1) is 6.92 Å². The molecule has 6 nitrogen and oxygen atoms in total. The molecule has 3 rings (SSSR count). The molecule has 0 fully saturated rings. The maximum Gasteiger partial charge on any atom is 0.274 e. The van der Waals surface area contributed by atoms with Gasteiger partial charge in [-0.3, -0.25) is 9.59 Å². The van der Waals surface area contributed by atoms with E-state index in [0.717, 1.165) is 12.2 Å². The normalized spacial score (nSPS) is 10.8. The zero-order chi connectivity index (χ0) is 20.1. The second-order valence-electron chi connectivity index (χ2n) is 6.81. The van der Waals surface area contributed by atoms with Crippen molar-refractivity contribution in [3.8, 4) is 5.75 Å². The van der Waals surface area contributed by atoms with E-state index < -0.39 is 0 Å². The van der Waals surface area contributed by atoms with Crippen LogP contribution in [0.3, 0.4) is 0 Å². The van der Waals surface area contributed by atoms with Crippen LogP contribution in [0.25, 0.3) is 10.8 Å². The lowest BCUT2D eigenvalue weighted by atomic mass is 10.1. The number of hydrogen-bond acceptors (Lipinski definition) is 4. The number of rotatable bonds is 7. The lowest BCUT2D eigenvalue weighted by Gasteiger charge is -2.18. The number of ether oxygens (including phenoxy) is 1. The molecule has 0 saturated heterocycles. The molecule has 0 N–H and O–H groups in total. The average Bonchev–Trinajstić information content (AvgIpc) is 2.71. The molecule has 0 atom stereocenters. The van der Waals surface area contributed by atoms with Gasteiger partial charge in [0, 0.05) is 19.0 Å². The van der Waals surface area contributed by atoms with Crippen molar-refractivity contribution in [2.45, 2.75) is 26.8 Å². The first kappa shape index (κ1) is 19.6. The van der Waals surface area contributed by atoms with Crippen LogP contribution in [0.2, 0.25) is 0 Å². The minimum Gasteiger partial charge on any atom is -0.492 e. The number of nitrogens with zero attached hydrogens (tertiary/aromatic N) is 3. The summed E-state index contributed by atoms with van der Waals surface area (Å²) in [6.07, 6.45) is 0.763. The minimum absolute atomic E-state index is 0.167. The molecule has 28 heavy (non-hydrogen) atoms. The summed E-state index contributed by atoms with van der Waals surface area (Å²) in [4.78, 5) is 27.2. The van der Waals surface area contributed by atoms with Gasteiger partial charge in [0.05, 0.1) is 11.9 Å². The summed E-state index contributed by atoms with van der Waals surface area (Å²) < 4.78 is 7.10. The third-order valence-electron chi connectivity index (χ3n) is 4.57. The second-order valence-corrected chi connectivity index (χ2v) is 6.81. The number of aryl methyl sites for hydroxylation is 2. The lowest BCUT2D eigenvalue weighted by molar-refractivity contribution is 0.0767. The van der Waals surface area contributed by atoms with Gasteiger partial charge in [-0.2, -0.15) is 5.10 Å². The summed E-state index contributed by atoms with van der Waals surface area (Å²) in [5, 5.41) is 5.45. The molecular weight excluding hydrogens is 354 g/mol. The average molecular weight is 379 g/mol. The first-order valence-electron chi connectivity index (χ1n) is 9.46. The number of likely N-dealkylation sites (N-methyl/N-ethyl adjacent to an activating group) is 1. The first-order valence-corrected chi connectivity index (χ1v) is 9.46. The highest BCUT2D eigenvalue weighted by molar-refractivity contribution is 6.04. The van der Waals surface area contributed by atoms with Crippen molar-refractivity contribution < 1.29 is 9.53 Å². The number of hydrogen-bond donors (Lipinski definition) is 0. The molecular formula is C22H25N3O3. The molecule has 0 spiro atoms. The van der Waals surface area contributed by atoms with Crippen molar-refractivity contribution in [3.05, 3.63) is 70.1 Å². The number of carbonyl (C=O) groups excluding carboxylic acids is 1. The minimum atomic E-state index is -0.228. The summed E-state index contributed by atoms with van der Waals surface area (Å²) in [6, 6.07) is 14.9. The molecule has 1 amide bonds. The van der Waals surface area contributed by atoms with E-state index in [-0.39, 0.29) is 11.5 Å². The zero-order valence-corrected chi connectivity index (χ0v) is 16.5. The van der Waals surface area contributed by atoms with Crippen molar-refractivity contribution in [1.29, 1.82) is 0 Å². The van der Waals surface area contributed by atoms with E-state index in [9.17, 15) is 9.59 Å². The largest absolute Gasteiger partial charge is 0.492 e.